The normalized spacial score (nSPS) is 10.6. The molecule has 0 spiro atoms. The molecule has 0 aliphatic rings. The first-order valence-electron chi connectivity index (χ1n) is 6.54. The van der Waals surface area contributed by atoms with E-state index in [0.29, 0.717) is 18.8 Å². The summed E-state index contributed by atoms with van der Waals surface area (Å²) in [4.78, 5) is 10.8. The van der Waals surface area contributed by atoms with Crippen LogP contribution in [0.25, 0.3) is 0 Å². The molecule has 2 aromatic rings. The number of benzene rings is 1. The first-order chi connectivity index (χ1) is 9.52. The van der Waals surface area contributed by atoms with Gasteiger partial charge in [0.15, 0.2) is 0 Å². The number of nitro groups is 1. The zero-order valence-corrected chi connectivity index (χ0v) is 11.9. The molecular formula is C14H18N4O2. The van der Waals surface area contributed by atoms with Crippen LogP contribution in [0.4, 0.5) is 11.4 Å². The highest BCUT2D eigenvalue weighted by atomic mass is 16.6. The molecule has 0 saturated heterocycles. The summed E-state index contributed by atoms with van der Waals surface area (Å²) < 4.78 is 1.86. The number of para-hydroxylation sites is 1. The Labute approximate surface area is 117 Å². The van der Waals surface area contributed by atoms with Gasteiger partial charge >= 0.3 is 0 Å². The van der Waals surface area contributed by atoms with Crippen molar-refractivity contribution in [3.8, 4) is 0 Å². The van der Waals surface area contributed by atoms with Crippen molar-refractivity contribution in [2.24, 2.45) is 0 Å². The fourth-order valence-corrected chi connectivity index (χ4v) is 2.25. The molecule has 0 amide bonds. The van der Waals surface area contributed by atoms with Crippen LogP contribution in [0.1, 0.15) is 23.9 Å². The predicted octanol–water partition coefficient (Wildman–Crippen LogP) is 2.89. The smallest absolute Gasteiger partial charge is 0.292 e. The summed E-state index contributed by atoms with van der Waals surface area (Å²) in [5.74, 6) is 0. The minimum absolute atomic E-state index is 0.103. The second kappa shape index (κ2) is 5.73. The maximum absolute atomic E-state index is 11.1. The molecule has 0 radical (unpaired) electrons. The third-order valence-electron chi connectivity index (χ3n) is 3.10. The monoisotopic (exact) mass is 274 g/mol. The molecule has 0 aliphatic carbocycles. The van der Waals surface area contributed by atoms with Crippen LogP contribution in [0.15, 0.2) is 24.3 Å². The molecule has 106 valence electrons. The van der Waals surface area contributed by atoms with Gasteiger partial charge in [-0.1, -0.05) is 12.1 Å². The second-order valence-corrected chi connectivity index (χ2v) is 4.68. The highest BCUT2D eigenvalue weighted by Gasteiger charge is 2.17. The standard InChI is InChI=1S/C14H18N4O2/c1-4-15-14-12(6-5-7-13(14)18(19)20)9-17-11(3)8-10(2)16-17/h5-8,15H,4,9H2,1-3H3. The van der Waals surface area contributed by atoms with Crippen LogP contribution in [0.2, 0.25) is 0 Å². The summed E-state index contributed by atoms with van der Waals surface area (Å²) in [6.07, 6.45) is 0. The third-order valence-corrected chi connectivity index (χ3v) is 3.10. The van der Waals surface area contributed by atoms with E-state index in [2.05, 4.69) is 10.4 Å². The van der Waals surface area contributed by atoms with Gasteiger partial charge in [0.2, 0.25) is 0 Å². The largest absolute Gasteiger partial charge is 0.379 e. The molecule has 2 rings (SSSR count). The van der Waals surface area contributed by atoms with Gasteiger partial charge in [0.1, 0.15) is 5.69 Å². The number of hydrogen-bond donors (Lipinski definition) is 1. The van der Waals surface area contributed by atoms with Gasteiger partial charge in [-0.2, -0.15) is 5.10 Å². The van der Waals surface area contributed by atoms with Gasteiger partial charge in [-0.05, 0) is 26.8 Å². The van der Waals surface area contributed by atoms with Gasteiger partial charge in [0.25, 0.3) is 5.69 Å². The summed E-state index contributed by atoms with van der Waals surface area (Å²) in [5.41, 5.74) is 3.53. The van der Waals surface area contributed by atoms with Crippen molar-refractivity contribution < 1.29 is 4.92 Å². The Morgan fingerprint density at radius 3 is 2.70 bits per heavy atom. The van der Waals surface area contributed by atoms with E-state index >= 15 is 0 Å². The number of hydrogen-bond acceptors (Lipinski definition) is 4. The van der Waals surface area contributed by atoms with Gasteiger partial charge in [0.05, 0.1) is 17.2 Å². The van der Waals surface area contributed by atoms with Crippen molar-refractivity contribution in [3.05, 3.63) is 51.3 Å². The molecule has 0 aliphatic heterocycles. The van der Waals surface area contributed by atoms with Crippen LogP contribution in [0.5, 0.6) is 0 Å². The molecule has 6 nitrogen and oxygen atoms in total. The summed E-state index contributed by atoms with van der Waals surface area (Å²) >= 11 is 0. The van der Waals surface area contributed by atoms with E-state index in [4.69, 9.17) is 0 Å². The zero-order chi connectivity index (χ0) is 14.7. The Bertz CT molecular complexity index is 634. The molecule has 1 aromatic carbocycles. The van der Waals surface area contributed by atoms with Crippen molar-refractivity contribution in [3.63, 3.8) is 0 Å². The van der Waals surface area contributed by atoms with Crippen molar-refractivity contribution >= 4 is 11.4 Å². The summed E-state index contributed by atoms with van der Waals surface area (Å²) in [6, 6.07) is 7.11. The minimum atomic E-state index is -0.358. The van der Waals surface area contributed by atoms with Gasteiger partial charge in [-0.3, -0.25) is 14.8 Å². The van der Waals surface area contributed by atoms with Gasteiger partial charge in [-0.25, -0.2) is 0 Å². The van der Waals surface area contributed by atoms with Gasteiger partial charge < -0.3 is 5.32 Å². The van der Waals surface area contributed by atoms with Crippen molar-refractivity contribution in [2.75, 3.05) is 11.9 Å². The molecule has 0 atom stereocenters. The third kappa shape index (κ3) is 2.79. The molecule has 1 aromatic heterocycles. The molecule has 0 unspecified atom stereocenters. The lowest BCUT2D eigenvalue weighted by Gasteiger charge is -2.12. The fraction of sp³-hybridized carbons (Fsp3) is 0.357. The van der Waals surface area contributed by atoms with Crippen LogP contribution in [-0.4, -0.2) is 21.2 Å². The van der Waals surface area contributed by atoms with Crippen LogP contribution < -0.4 is 5.32 Å². The molecule has 0 fully saturated rings. The zero-order valence-electron chi connectivity index (χ0n) is 11.9. The van der Waals surface area contributed by atoms with E-state index in [1.54, 1.807) is 6.07 Å². The van der Waals surface area contributed by atoms with E-state index in [9.17, 15) is 10.1 Å². The van der Waals surface area contributed by atoms with Crippen LogP contribution in [-0.2, 0) is 6.54 Å². The van der Waals surface area contributed by atoms with Gasteiger partial charge in [0, 0.05) is 23.9 Å². The Morgan fingerprint density at radius 2 is 2.15 bits per heavy atom. The lowest BCUT2D eigenvalue weighted by Crippen LogP contribution is -2.09. The van der Waals surface area contributed by atoms with Gasteiger partial charge in [-0.15, -0.1) is 0 Å². The maximum atomic E-state index is 11.1. The van der Waals surface area contributed by atoms with E-state index in [1.165, 1.54) is 6.07 Å². The quantitative estimate of drug-likeness (QED) is 0.672. The number of aryl methyl sites for hydroxylation is 2. The topological polar surface area (TPSA) is 73.0 Å². The van der Waals surface area contributed by atoms with Crippen LogP contribution >= 0.6 is 0 Å². The molecular weight excluding hydrogens is 256 g/mol. The first kappa shape index (κ1) is 14.0. The van der Waals surface area contributed by atoms with Crippen molar-refractivity contribution in [1.29, 1.82) is 0 Å². The number of aromatic nitrogens is 2. The Morgan fingerprint density at radius 1 is 1.40 bits per heavy atom. The average molecular weight is 274 g/mol. The van der Waals surface area contributed by atoms with E-state index < -0.39 is 0 Å². The molecule has 0 saturated carbocycles. The van der Waals surface area contributed by atoms with E-state index in [1.807, 2.05) is 37.6 Å². The van der Waals surface area contributed by atoms with E-state index in [-0.39, 0.29) is 10.6 Å². The lowest BCUT2D eigenvalue weighted by atomic mass is 10.1. The molecule has 1 N–H and O–H groups in total. The SMILES string of the molecule is CCNc1c(Cn2nc(C)cc2C)cccc1[N+](=O)[O-]. The summed E-state index contributed by atoms with van der Waals surface area (Å²) in [6.45, 7) is 6.98. The number of rotatable bonds is 5. The Hall–Kier alpha value is -2.37. The van der Waals surface area contributed by atoms with E-state index in [0.717, 1.165) is 17.0 Å². The second-order valence-electron chi connectivity index (χ2n) is 4.68. The first-order valence-corrected chi connectivity index (χ1v) is 6.54. The summed E-state index contributed by atoms with van der Waals surface area (Å²) in [7, 11) is 0. The predicted molar refractivity (Wildman–Crippen MR) is 78.1 cm³/mol. The van der Waals surface area contributed by atoms with Crippen molar-refractivity contribution in [1.82, 2.24) is 9.78 Å². The number of nitrogens with zero attached hydrogens (tertiary/aromatic N) is 3. The Kier molecular flexibility index (Phi) is 4.02. The Balaban J connectivity index is 2.43. The lowest BCUT2D eigenvalue weighted by molar-refractivity contribution is -0.384. The average Bonchev–Trinajstić information content (AvgIpc) is 2.70. The molecule has 0 bridgehead atoms. The number of anilines is 1. The number of nitro benzene ring substituents is 1. The summed E-state index contributed by atoms with van der Waals surface area (Å²) in [5, 5.41) is 18.6. The maximum Gasteiger partial charge on any atom is 0.292 e. The minimum Gasteiger partial charge on any atom is -0.379 e. The molecule has 1 heterocycles. The highest BCUT2D eigenvalue weighted by Crippen LogP contribution is 2.28. The highest BCUT2D eigenvalue weighted by molar-refractivity contribution is 5.66. The molecule has 20 heavy (non-hydrogen) atoms. The number of nitrogens with one attached hydrogen (secondary N) is 1. The van der Waals surface area contributed by atoms with Crippen LogP contribution in [0.3, 0.4) is 0 Å². The van der Waals surface area contributed by atoms with Crippen molar-refractivity contribution in [2.45, 2.75) is 27.3 Å². The molecule has 6 heteroatoms. The fourth-order valence-electron chi connectivity index (χ4n) is 2.25. The van der Waals surface area contributed by atoms with Crippen LogP contribution in [0, 0.1) is 24.0 Å².